The molecule has 140 valence electrons. The van der Waals surface area contributed by atoms with E-state index < -0.39 is 18.3 Å². The predicted molar refractivity (Wildman–Crippen MR) is 101 cm³/mol. The highest BCUT2D eigenvalue weighted by Crippen LogP contribution is 2.30. The van der Waals surface area contributed by atoms with Gasteiger partial charge in [-0.1, -0.05) is 49.4 Å². The molecule has 0 aromatic heterocycles. The van der Waals surface area contributed by atoms with E-state index in [4.69, 9.17) is 4.74 Å². The van der Waals surface area contributed by atoms with Gasteiger partial charge < -0.3 is 20.1 Å². The van der Waals surface area contributed by atoms with Crippen LogP contribution in [0.25, 0.3) is 0 Å². The van der Waals surface area contributed by atoms with Gasteiger partial charge in [0, 0.05) is 25.4 Å². The molecule has 0 spiro atoms. The van der Waals surface area contributed by atoms with Crippen LogP contribution in [-0.4, -0.2) is 40.2 Å². The number of hydrogen-bond acceptors (Lipinski definition) is 4. The SMILES string of the molecule is CCc1ccc(Cc2ccccc2O[C@H]2C[C@@H](O)C[C@@H](CO)[C@@H]2O)cc1. The first-order chi connectivity index (χ1) is 12.6. The Hall–Kier alpha value is -1.88. The van der Waals surface area contributed by atoms with Crippen molar-refractivity contribution in [1.29, 1.82) is 0 Å². The Labute approximate surface area is 155 Å². The maximum absolute atomic E-state index is 10.4. The van der Waals surface area contributed by atoms with E-state index in [1.54, 1.807) is 0 Å². The van der Waals surface area contributed by atoms with Crippen LogP contribution in [-0.2, 0) is 12.8 Å². The van der Waals surface area contributed by atoms with Gasteiger partial charge in [0.2, 0.25) is 0 Å². The first kappa shape index (κ1) is 18.9. The lowest BCUT2D eigenvalue weighted by atomic mass is 9.83. The van der Waals surface area contributed by atoms with Crippen molar-refractivity contribution in [1.82, 2.24) is 0 Å². The zero-order chi connectivity index (χ0) is 18.5. The molecule has 1 aliphatic carbocycles. The van der Waals surface area contributed by atoms with Crippen LogP contribution in [0.15, 0.2) is 48.5 Å². The van der Waals surface area contributed by atoms with Crippen LogP contribution >= 0.6 is 0 Å². The zero-order valence-corrected chi connectivity index (χ0v) is 15.2. The molecule has 1 aliphatic rings. The predicted octanol–water partition coefficient (Wildman–Crippen LogP) is 2.71. The molecular weight excluding hydrogens is 328 g/mol. The monoisotopic (exact) mass is 356 g/mol. The fraction of sp³-hybridized carbons (Fsp3) is 0.455. The summed E-state index contributed by atoms with van der Waals surface area (Å²) in [6, 6.07) is 16.4. The zero-order valence-electron chi connectivity index (χ0n) is 15.2. The summed E-state index contributed by atoms with van der Waals surface area (Å²) < 4.78 is 6.10. The van der Waals surface area contributed by atoms with Crippen LogP contribution in [0.4, 0.5) is 0 Å². The maximum Gasteiger partial charge on any atom is 0.127 e. The van der Waals surface area contributed by atoms with Gasteiger partial charge in [-0.2, -0.15) is 0 Å². The molecule has 0 saturated heterocycles. The summed E-state index contributed by atoms with van der Waals surface area (Å²) in [6.45, 7) is 1.99. The average molecular weight is 356 g/mol. The second-order valence-electron chi connectivity index (χ2n) is 7.17. The highest BCUT2D eigenvalue weighted by atomic mass is 16.5. The molecule has 4 nitrogen and oxygen atoms in total. The van der Waals surface area contributed by atoms with E-state index in [-0.39, 0.29) is 12.5 Å². The van der Waals surface area contributed by atoms with Crippen LogP contribution in [0.2, 0.25) is 0 Å². The molecule has 0 radical (unpaired) electrons. The quantitative estimate of drug-likeness (QED) is 0.744. The average Bonchev–Trinajstić information content (AvgIpc) is 2.66. The van der Waals surface area contributed by atoms with Gasteiger partial charge >= 0.3 is 0 Å². The molecule has 1 saturated carbocycles. The van der Waals surface area contributed by atoms with Gasteiger partial charge in [0.15, 0.2) is 0 Å². The first-order valence-electron chi connectivity index (χ1n) is 9.40. The fourth-order valence-corrected chi connectivity index (χ4v) is 3.64. The lowest BCUT2D eigenvalue weighted by molar-refractivity contribution is -0.0845. The summed E-state index contributed by atoms with van der Waals surface area (Å²) in [5.74, 6) is 0.374. The normalized spacial score (nSPS) is 25.8. The van der Waals surface area contributed by atoms with E-state index in [1.165, 1.54) is 11.1 Å². The van der Waals surface area contributed by atoms with Crippen molar-refractivity contribution in [2.75, 3.05) is 6.61 Å². The summed E-state index contributed by atoms with van der Waals surface area (Å²) in [7, 11) is 0. The van der Waals surface area contributed by atoms with Crippen molar-refractivity contribution in [2.24, 2.45) is 5.92 Å². The highest BCUT2D eigenvalue weighted by molar-refractivity contribution is 5.38. The lowest BCUT2D eigenvalue weighted by Gasteiger charge is -2.36. The summed E-state index contributed by atoms with van der Waals surface area (Å²) in [5, 5.41) is 29.9. The summed E-state index contributed by atoms with van der Waals surface area (Å²) in [5.41, 5.74) is 3.56. The summed E-state index contributed by atoms with van der Waals surface area (Å²) in [4.78, 5) is 0. The number of rotatable bonds is 6. The third-order valence-electron chi connectivity index (χ3n) is 5.25. The van der Waals surface area contributed by atoms with Crippen molar-refractivity contribution in [3.63, 3.8) is 0 Å². The minimum Gasteiger partial charge on any atom is -0.487 e. The lowest BCUT2D eigenvalue weighted by Crippen LogP contribution is -2.47. The number of para-hydroxylation sites is 1. The largest absolute Gasteiger partial charge is 0.487 e. The van der Waals surface area contributed by atoms with Gasteiger partial charge in [0.05, 0.1) is 12.2 Å². The smallest absolute Gasteiger partial charge is 0.127 e. The van der Waals surface area contributed by atoms with Crippen LogP contribution in [0, 0.1) is 5.92 Å². The van der Waals surface area contributed by atoms with Crippen LogP contribution in [0.5, 0.6) is 5.75 Å². The van der Waals surface area contributed by atoms with E-state index >= 15 is 0 Å². The van der Waals surface area contributed by atoms with Gasteiger partial charge in [-0.25, -0.2) is 0 Å². The topological polar surface area (TPSA) is 69.9 Å². The Morgan fingerprint density at radius 1 is 0.962 bits per heavy atom. The van der Waals surface area contributed by atoms with Gasteiger partial charge in [-0.15, -0.1) is 0 Å². The molecule has 2 aromatic rings. The van der Waals surface area contributed by atoms with E-state index in [0.29, 0.717) is 12.8 Å². The molecule has 0 unspecified atom stereocenters. The summed E-state index contributed by atoms with van der Waals surface area (Å²) >= 11 is 0. The number of benzene rings is 2. The van der Waals surface area contributed by atoms with Gasteiger partial charge in [-0.3, -0.25) is 0 Å². The number of aryl methyl sites for hydroxylation is 1. The number of aliphatic hydroxyl groups excluding tert-OH is 3. The minimum absolute atomic E-state index is 0.149. The molecule has 0 aliphatic heterocycles. The Bertz CT molecular complexity index is 698. The van der Waals surface area contributed by atoms with Gasteiger partial charge in [0.1, 0.15) is 11.9 Å². The minimum atomic E-state index is -0.778. The van der Waals surface area contributed by atoms with Crippen LogP contribution in [0.3, 0.4) is 0 Å². The van der Waals surface area contributed by atoms with E-state index in [9.17, 15) is 15.3 Å². The second-order valence-corrected chi connectivity index (χ2v) is 7.17. The third-order valence-corrected chi connectivity index (χ3v) is 5.25. The fourth-order valence-electron chi connectivity index (χ4n) is 3.64. The van der Waals surface area contributed by atoms with Crippen LogP contribution in [0.1, 0.15) is 36.5 Å². The molecule has 0 amide bonds. The molecule has 0 heterocycles. The van der Waals surface area contributed by atoms with Crippen molar-refractivity contribution in [2.45, 2.75) is 50.9 Å². The van der Waals surface area contributed by atoms with Crippen molar-refractivity contribution < 1.29 is 20.1 Å². The molecule has 0 bridgehead atoms. The Balaban J connectivity index is 1.76. The van der Waals surface area contributed by atoms with Crippen molar-refractivity contribution in [3.8, 4) is 5.75 Å². The second kappa shape index (κ2) is 8.67. The molecule has 26 heavy (non-hydrogen) atoms. The standard InChI is InChI=1S/C22H28O4/c1-2-15-7-9-16(10-8-15)11-17-5-3-4-6-20(17)26-21-13-19(24)12-18(14-23)22(21)25/h3-10,18-19,21-25H,2,11-14H2,1H3/t18-,19-,21-,22-/m0/s1. The molecule has 3 N–H and O–H groups in total. The summed E-state index contributed by atoms with van der Waals surface area (Å²) in [6.07, 6.45) is 0.692. The van der Waals surface area contributed by atoms with Crippen molar-refractivity contribution >= 4 is 0 Å². The van der Waals surface area contributed by atoms with Crippen LogP contribution < -0.4 is 4.74 Å². The van der Waals surface area contributed by atoms with E-state index in [0.717, 1.165) is 24.2 Å². The van der Waals surface area contributed by atoms with E-state index in [1.807, 2.05) is 24.3 Å². The maximum atomic E-state index is 10.4. The Morgan fingerprint density at radius 2 is 1.65 bits per heavy atom. The molecule has 4 atom stereocenters. The molecule has 1 fully saturated rings. The van der Waals surface area contributed by atoms with Gasteiger partial charge in [-0.05, 0) is 35.6 Å². The highest BCUT2D eigenvalue weighted by Gasteiger charge is 2.37. The molecule has 3 rings (SSSR count). The number of ether oxygens (including phenoxy) is 1. The number of aliphatic hydroxyl groups is 3. The first-order valence-corrected chi connectivity index (χ1v) is 9.40. The molecule has 2 aromatic carbocycles. The molecule has 4 heteroatoms. The Morgan fingerprint density at radius 3 is 2.35 bits per heavy atom. The van der Waals surface area contributed by atoms with E-state index in [2.05, 4.69) is 31.2 Å². The Kier molecular flexibility index (Phi) is 6.30. The van der Waals surface area contributed by atoms with Crippen molar-refractivity contribution in [3.05, 3.63) is 65.2 Å². The van der Waals surface area contributed by atoms with Gasteiger partial charge in [0.25, 0.3) is 0 Å². The third kappa shape index (κ3) is 4.44. The molecular formula is C22H28O4. The number of hydrogen-bond donors (Lipinski definition) is 3.